The van der Waals surface area contributed by atoms with E-state index in [2.05, 4.69) is 114 Å². The molecule has 144 valence electrons. The molecule has 1 spiro atoms. The molecular formula is C27H27N2+. The van der Waals surface area contributed by atoms with Crippen molar-refractivity contribution in [3.8, 4) is 0 Å². The summed E-state index contributed by atoms with van der Waals surface area (Å²) in [6.07, 6.45) is 13.6. The highest BCUT2D eigenvalue weighted by atomic mass is 15.2. The van der Waals surface area contributed by atoms with Gasteiger partial charge in [-0.25, -0.2) is 0 Å². The lowest BCUT2D eigenvalue weighted by molar-refractivity contribution is -0.555. The largest absolute Gasteiger partial charge is 0.357 e. The molecule has 29 heavy (non-hydrogen) atoms. The molecule has 2 heterocycles. The summed E-state index contributed by atoms with van der Waals surface area (Å²) in [5.41, 5.74) is 6.57. The van der Waals surface area contributed by atoms with E-state index >= 15 is 0 Å². The van der Waals surface area contributed by atoms with Gasteiger partial charge in [0.2, 0.25) is 5.52 Å². The summed E-state index contributed by atoms with van der Waals surface area (Å²) < 4.78 is 2.39. The number of rotatable bonds is 3. The third-order valence-corrected chi connectivity index (χ3v) is 6.39. The minimum atomic E-state index is -0.113. The standard InChI is InChI=1S/C27H27N2/c1-3-24(28-20-10-13-21-11-5-7-15-25(21)28)23-14-9-18-27(23)19-17-22-12-6-8-16-26(22)29(27)4-2/h5-17,19-20H,3-4,18H2,1-2H3/q+1. The van der Waals surface area contributed by atoms with E-state index in [0.29, 0.717) is 0 Å². The molecule has 1 atom stereocenters. The first-order valence-electron chi connectivity index (χ1n) is 10.6. The maximum absolute atomic E-state index is 2.58. The summed E-state index contributed by atoms with van der Waals surface area (Å²) in [4.78, 5) is 2.58. The summed E-state index contributed by atoms with van der Waals surface area (Å²) in [5.74, 6) is 0. The second-order valence-electron chi connectivity index (χ2n) is 7.82. The van der Waals surface area contributed by atoms with Crippen LogP contribution in [0.5, 0.6) is 0 Å². The molecule has 2 aromatic carbocycles. The van der Waals surface area contributed by atoms with Crippen molar-refractivity contribution in [3.63, 3.8) is 0 Å². The van der Waals surface area contributed by atoms with Crippen molar-refractivity contribution in [1.82, 2.24) is 0 Å². The van der Waals surface area contributed by atoms with Crippen molar-refractivity contribution in [2.45, 2.75) is 32.2 Å². The number of hydrogen-bond donors (Lipinski definition) is 0. The second-order valence-corrected chi connectivity index (χ2v) is 7.82. The first-order chi connectivity index (χ1) is 14.3. The zero-order valence-corrected chi connectivity index (χ0v) is 17.2. The Bertz CT molecular complexity index is 1160. The van der Waals surface area contributed by atoms with E-state index in [-0.39, 0.29) is 5.54 Å². The predicted molar refractivity (Wildman–Crippen MR) is 123 cm³/mol. The molecular weight excluding hydrogens is 352 g/mol. The van der Waals surface area contributed by atoms with Gasteiger partial charge < -0.3 is 4.90 Å². The number of nitrogens with zero attached hydrogens (tertiary/aromatic N) is 2. The van der Waals surface area contributed by atoms with Gasteiger partial charge in [0.1, 0.15) is 0 Å². The zero-order valence-electron chi connectivity index (χ0n) is 17.2. The molecule has 1 aliphatic carbocycles. The van der Waals surface area contributed by atoms with Crippen LogP contribution in [0.3, 0.4) is 0 Å². The maximum atomic E-state index is 2.58. The van der Waals surface area contributed by atoms with Crippen LogP contribution in [-0.2, 0) is 0 Å². The lowest BCUT2D eigenvalue weighted by Crippen LogP contribution is -2.50. The van der Waals surface area contributed by atoms with Crippen LogP contribution >= 0.6 is 0 Å². The van der Waals surface area contributed by atoms with Crippen molar-refractivity contribution in [2.75, 3.05) is 11.4 Å². The molecule has 2 aliphatic rings. The molecule has 0 saturated carbocycles. The molecule has 1 aliphatic heterocycles. The fraction of sp³-hybridized carbons (Fsp3) is 0.222. The van der Waals surface area contributed by atoms with Gasteiger partial charge in [-0.05, 0) is 37.1 Å². The average Bonchev–Trinajstić information content (AvgIpc) is 3.18. The lowest BCUT2D eigenvalue weighted by Gasteiger charge is -2.44. The Balaban J connectivity index is 1.75. The number of anilines is 1. The van der Waals surface area contributed by atoms with Crippen molar-refractivity contribution in [1.29, 1.82) is 0 Å². The van der Waals surface area contributed by atoms with Crippen LogP contribution in [0, 0.1) is 0 Å². The van der Waals surface area contributed by atoms with Gasteiger partial charge in [-0.15, -0.1) is 0 Å². The Labute approximate surface area is 173 Å². The maximum Gasteiger partial charge on any atom is 0.218 e. The number of fused-ring (bicyclic) bond motifs is 2. The molecule has 5 rings (SSSR count). The van der Waals surface area contributed by atoms with E-state index in [1.807, 2.05) is 0 Å². The molecule has 0 N–H and O–H groups in total. The van der Waals surface area contributed by atoms with Gasteiger partial charge in [0.25, 0.3) is 0 Å². The number of aromatic nitrogens is 1. The fourth-order valence-corrected chi connectivity index (χ4v) is 5.12. The minimum absolute atomic E-state index is 0.113. The third-order valence-electron chi connectivity index (χ3n) is 6.39. The Hall–Kier alpha value is -3.13. The lowest BCUT2D eigenvalue weighted by atomic mass is 9.82. The molecule has 0 saturated heterocycles. The van der Waals surface area contributed by atoms with E-state index in [0.717, 1.165) is 19.4 Å². The van der Waals surface area contributed by atoms with Gasteiger partial charge in [-0.3, -0.25) is 0 Å². The summed E-state index contributed by atoms with van der Waals surface area (Å²) in [7, 11) is 0. The van der Waals surface area contributed by atoms with E-state index in [4.69, 9.17) is 0 Å². The normalized spacial score (nSPS) is 21.8. The summed E-state index contributed by atoms with van der Waals surface area (Å²) in [5, 5.41) is 1.27. The number of para-hydroxylation sites is 2. The minimum Gasteiger partial charge on any atom is -0.357 e. The Morgan fingerprint density at radius 3 is 2.62 bits per heavy atom. The fourth-order valence-electron chi connectivity index (χ4n) is 5.12. The summed E-state index contributed by atoms with van der Waals surface area (Å²) >= 11 is 0. The molecule has 3 aromatic rings. The van der Waals surface area contributed by atoms with Crippen LogP contribution in [0.1, 0.15) is 32.3 Å². The van der Waals surface area contributed by atoms with Gasteiger partial charge in [0, 0.05) is 41.7 Å². The van der Waals surface area contributed by atoms with Gasteiger partial charge in [-0.2, -0.15) is 4.57 Å². The zero-order chi connectivity index (χ0) is 19.8. The van der Waals surface area contributed by atoms with Crippen molar-refractivity contribution in [2.24, 2.45) is 0 Å². The smallest absolute Gasteiger partial charge is 0.218 e. The molecule has 0 amide bonds. The van der Waals surface area contributed by atoms with Crippen LogP contribution in [0.4, 0.5) is 5.69 Å². The third kappa shape index (κ3) is 2.66. The van der Waals surface area contributed by atoms with Crippen LogP contribution in [0.15, 0.2) is 90.7 Å². The van der Waals surface area contributed by atoms with Gasteiger partial charge >= 0.3 is 0 Å². The Morgan fingerprint density at radius 2 is 1.76 bits per heavy atom. The summed E-state index contributed by atoms with van der Waals surface area (Å²) in [6, 6.07) is 21.8. The quantitative estimate of drug-likeness (QED) is 0.506. The molecule has 1 unspecified atom stereocenters. The van der Waals surface area contributed by atoms with Crippen LogP contribution in [0.25, 0.3) is 22.7 Å². The molecule has 0 bridgehead atoms. The number of allylic oxidation sites excluding steroid dienone is 1. The molecule has 0 fully saturated rings. The van der Waals surface area contributed by atoms with Crippen LogP contribution in [-0.4, -0.2) is 12.1 Å². The van der Waals surface area contributed by atoms with Gasteiger partial charge in [0.15, 0.2) is 11.9 Å². The first-order valence-corrected chi connectivity index (χ1v) is 10.6. The van der Waals surface area contributed by atoms with Crippen LogP contribution < -0.4 is 9.47 Å². The number of likely N-dealkylation sites (N-methyl/N-ethyl adjacent to an activating group) is 1. The van der Waals surface area contributed by atoms with Gasteiger partial charge in [-0.1, -0.05) is 61.6 Å². The van der Waals surface area contributed by atoms with Crippen molar-refractivity contribution >= 4 is 28.4 Å². The second kappa shape index (κ2) is 7.04. The summed E-state index contributed by atoms with van der Waals surface area (Å²) in [6.45, 7) is 5.52. The predicted octanol–water partition coefficient (Wildman–Crippen LogP) is 6.00. The van der Waals surface area contributed by atoms with Gasteiger partial charge in [0.05, 0.1) is 5.54 Å². The van der Waals surface area contributed by atoms with Crippen LogP contribution in [0.2, 0.25) is 0 Å². The van der Waals surface area contributed by atoms with E-state index < -0.39 is 0 Å². The van der Waals surface area contributed by atoms with E-state index in [1.165, 1.54) is 33.4 Å². The molecule has 2 nitrogen and oxygen atoms in total. The monoisotopic (exact) mass is 379 g/mol. The molecule has 2 heteroatoms. The highest BCUT2D eigenvalue weighted by molar-refractivity contribution is 5.80. The molecule has 0 radical (unpaired) electrons. The molecule has 1 aromatic heterocycles. The number of benzene rings is 2. The number of hydrogen-bond acceptors (Lipinski definition) is 1. The Morgan fingerprint density at radius 1 is 0.966 bits per heavy atom. The van der Waals surface area contributed by atoms with E-state index in [1.54, 1.807) is 0 Å². The first kappa shape index (κ1) is 17.9. The van der Waals surface area contributed by atoms with E-state index in [9.17, 15) is 0 Å². The highest BCUT2D eigenvalue weighted by Gasteiger charge is 2.44. The number of pyridine rings is 1. The average molecular weight is 380 g/mol. The Kier molecular flexibility index (Phi) is 4.35. The van der Waals surface area contributed by atoms with Crippen molar-refractivity contribution < 1.29 is 4.57 Å². The SMILES string of the molecule is CCC(=C1C=CCC12C=Cc1ccccc1N2CC)[n+]1cccc2ccccc21. The topological polar surface area (TPSA) is 7.12 Å². The van der Waals surface area contributed by atoms with Crippen molar-refractivity contribution in [3.05, 3.63) is 96.2 Å². The highest BCUT2D eigenvalue weighted by Crippen LogP contribution is 2.45.